The van der Waals surface area contributed by atoms with Gasteiger partial charge in [-0.05, 0) is 24.3 Å². The van der Waals surface area contributed by atoms with E-state index in [4.69, 9.17) is 19.8 Å². The smallest absolute Gasteiger partial charge is 0.119 e. The van der Waals surface area contributed by atoms with Gasteiger partial charge in [0.2, 0.25) is 0 Å². The third kappa shape index (κ3) is 6.20. The Morgan fingerprint density at radius 1 is 1.16 bits per heavy atom. The van der Waals surface area contributed by atoms with Gasteiger partial charge in [0.1, 0.15) is 12.4 Å². The molecule has 0 saturated heterocycles. The zero-order valence-electron chi connectivity index (χ0n) is 11.2. The van der Waals surface area contributed by atoms with E-state index in [9.17, 15) is 0 Å². The molecule has 0 aliphatic heterocycles. The van der Waals surface area contributed by atoms with E-state index in [2.05, 4.69) is 11.0 Å². The van der Waals surface area contributed by atoms with E-state index in [0.29, 0.717) is 25.3 Å². The zero-order valence-corrected chi connectivity index (χ0v) is 11.2. The minimum Gasteiger partial charge on any atom is -0.492 e. The van der Waals surface area contributed by atoms with Crippen LogP contribution in [0.25, 0.3) is 0 Å². The van der Waals surface area contributed by atoms with E-state index in [1.54, 1.807) is 31.4 Å². The molecule has 5 nitrogen and oxygen atoms in total. The van der Waals surface area contributed by atoms with Gasteiger partial charge in [0.15, 0.2) is 0 Å². The van der Waals surface area contributed by atoms with Gasteiger partial charge in [0.25, 0.3) is 0 Å². The minimum atomic E-state index is 0.126. The van der Waals surface area contributed by atoms with E-state index in [1.165, 1.54) is 0 Å². The van der Waals surface area contributed by atoms with Crippen LogP contribution in [0.4, 0.5) is 0 Å². The van der Waals surface area contributed by atoms with Crippen molar-refractivity contribution in [2.24, 2.45) is 0 Å². The van der Waals surface area contributed by atoms with Crippen LogP contribution in [0, 0.1) is 11.3 Å². The first kappa shape index (κ1) is 15.4. The summed E-state index contributed by atoms with van der Waals surface area (Å²) in [5, 5.41) is 17.6. The van der Waals surface area contributed by atoms with Crippen LogP contribution in [-0.2, 0) is 4.74 Å². The molecule has 0 spiro atoms. The Bertz CT molecular complexity index is 387. The molecule has 0 unspecified atom stereocenters. The fourth-order valence-corrected chi connectivity index (χ4v) is 1.62. The summed E-state index contributed by atoms with van der Waals surface area (Å²) in [4.78, 5) is 2.08. The highest BCUT2D eigenvalue weighted by atomic mass is 16.5. The van der Waals surface area contributed by atoms with Crippen LogP contribution < -0.4 is 4.74 Å². The molecular formula is C14H20N2O3. The van der Waals surface area contributed by atoms with Crippen molar-refractivity contribution in [1.29, 1.82) is 5.26 Å². The molecule has 0 aromatic heterocycles. The number of hydrogen-bond acceptors (Lipinski definition) is 5. The predicted octanol–water partition coefficient (Wildman–Crippen LogP) is 0.878. The topological polar surface area (TPSA) is 65.7 Å². The third-order valence-corrected chi connectivity index (χ3v) is 2.69. The molecule has 1 rings (SSSR count). The second-order valence-corrected chi connectivity index (χ2v) is 4.04. The van der Waals surface area contributed by atoms with Crippen molar-refractivity contribution < 1.29 is 14.6 Å². The van der Waals surface area contributed by atoms with E-state index in [-0.39, 0.29) is 6.61 Å². The Kier molecular flexibility index (Phi) is 7.59. The van der Waals surface area contributed by atoms with Crippen molar-refractivity contribution in [3.05, 3.63) is 29.8 Å². The lowest BCUT2D eigenvalue weighted by atomic mass is 10.2. The van der Waals surface area contributed by atoms with Gasteiger partial charge < -0.3 is 14.6 Å². The Balaban J connectivity index is 2.31. The number of hydrogen-bond donors (Lipinski definition) is 1. The van der Waals surface area contributed by atoms with Crippen molar-refractivity contribution in [1.82, 2.24) is 4.90 Å². The van der Waals surface area contributed by atoms with Gasteiger partial charge in [-0.3, -0.25) is 4.90 Å². The van der Waals surface area contributed by atoms with Crippen molar-refractivity contribution in [2.75, 3.05) is 46.6 Å². The summed E-state index contributed by atoms with van der Waals surface area (Å²) < 4.78 is 10.6. The lowest BCUT2D eigenvalue weighted by molar-refractivity contribution is 0.118. The highest BCUT2D eigenvalue weighted by molar-refractivity contribution is 5.34. The Morgan fingerprint density at radius 2 is 1.84 bits per heavy atom. The van der Waals surface area contributed by atoms with E-state index in [1.807, 2.05) is 0 Å². The van der Waals surface area contributed by atoms with Gasteiger partial charge in [-0.25, -0.2) is 0 Å². The number of rotatable bonds is 9. The molecule has 19 heavy (non-hydrogen) atoms. The van der Waals surface area contributed by atoms with Gasteiger partial charge in [-0.2, -0.15) is 5.26 Å². The van der Waals surface area contributed by atoms with Crippen LogP contribution >= 0.6 is 0 Å². The molecule has 0 aliphatic carbocycles. The molecule has 0 aliphatic rings. The highest BCUT2D eigenvalue weighted by Crippen LogP contribution is 2.11. The molecule has 0 fully saturated rings. The lowest BCUT2D eigenvalue weighted by Gasteiger charge is -2.20. The summed E-state index contributed by atoms with van der Waals surface area (Å²) >= 11 is 0. The van der Waals surface area contributed by atoms with Crippen molar-refractivity contribution >= 4 is 0 Å². The minimum absolute atomic E-state index is 0.126. The SMILES string of the molecule is COCCN(CCO)CCOc1ccc(C#N)cc1. The van der Waals surface area contributed by atoms with Crippen LogP contribution in [0.5, 0.6) is 5.75 Å². The number of nitrogens with zero attached hydrogens (tertiary/aromatic N) is 2. The standard InChI is InChI=1S/C14H20N2O3/c1-18-10-7-16(6-9-17)8-11-19-14-4-2-13(12-15)3-5-14/h2-5,17H,6-11H2,1H3. The Hall–Kier alpha value is -1.61. The molecule has 0 saturated carbocycles. The van der Waals surface area contributed by atoms with E-state index < -0.39 is 0 Å². The van der Waals surface area contributed by atoms with Crippen molar-refractivity contribution in [3.8, 4) is 11.8 Å². The van der Waals surface area contributed by atoms with Gasteiger partial charge in [-0.15, -0.1) is 0 Å². The molecule has 104 valence electrons. The molecular weight excluding hydrogens is 244 g/mol. The Labute approximate surface area is 114 Å². The number of benzene rings is 1. The van der Waals surface area contributed by atoms with Crippen LogP contribution in [0.1, 0.15) is 5.56 Å². The Morgan fingerprint density at radius 3 is 2.42 bits per heavy atom. The molecule has 0 bridgehead atoms. The van der Waals surface area contributed by atoms with Gasteiger partial charge in [0, 0.05) is 26.7 Å². The van der Waals surface area contributed by atoms with Crippen LogP contribution in [0.2, 0.25) is 0 Å². The molecule has 1 aromatic rings. The predicted molar refractivity (Wildman–Crippen MR) is 72.1 cm³/mol. The van der Waals surface area contributed by atoms with Crippen molar-refractivity contribution in [2.45, 2.75) is 0 Å². The first-order chi connectivity index (χ1) is 9.30. The summed E-state index contributed by atoms with van der Waals surface area (Å²) in [6.45, 7) is 3.41. The fourth-order valence-electron chi connectivity index (χ4n) is 1.62. The number of aliphatic hydroxyl groups is 1. The molecule has 0 heterocycles. The summed E-state index contributed by atoms with van der Waals surface area (Å²) in [5.41, 5.74) is 0.620. The molecule has 0 amide bonds. The van der Waals surface area contributed by atoms with Gasteiger partial charge in [0.05, 0.1) is 24.8 Å². The molecule has 1 N–H and O–H groups in total. The van der Waals surface area contributed by atoms with E-state index >= 15 is 0 Å². The van der Waals surface area contributed by atoms with Gasteiger partial charge >= 0.3 is 0 Å². The average molecular weight is 264 g/mol. The molecule has 1 aromatic carbocycles. The molecule has 5 heteroatoms. The monoisotopic (exact) mass is 264 g/mol. The second-order valence-electron chi connectivity index (χ2n) is 4.04. The maximum Gasteiger partial charge on any atom is 0.119 e. The number of nitriles is 1. The highest BCUT2D eigenvalue weighted by Gasteiger charge is 2.04. The first-order valence-electron chi connectivity index (χ1n) is 6.25. The first-order valence-corrected chi connectivity index (χ1v) is 6.25. The average Bonchev–Trinajstić information content (AvgIpc) is 2.45. The quantitative estimate of drug-likeness (QED) is 0.717. The molecule has 0 radical (unpaired) electrons. The summed E-state index contributed by atoms with van der Waals surface area (Å²) in [5.74, 6) is 0.745. The van der Waals surface area contributed by atoms with Crippen LogP contribution in [0.15, 0.2) is 24.3 Å². The maximum atomic E-state index is 8.96. The van der Waals surface area contributed by atoms with Crippen LogP contribution in [-0.4, -0.2) is 56.6 Å². The number of ether oxygens (including phenoxy) is 2. The summed E-state index contributed by atoms with van der Waals surface area (Å²) in [7, 11) is 1.66. The molecule has 0 atom stereocenters. The maximum absolute atomic E-state index is 8.96. The largest absolute Gasteiger partial charge is 0.492 e. The fraction of sp³-hybridized carbons (Fsp3) is 0.500. The third-order valence-electron chi connectivity index (χ3n) is 2.69. The van der Waals surface area contributed by atoms with E-state index in [0.717, 1.165) is 18.8 Å². The summed E-state index contributed by atoms with van der Waals surface area (Å²) in [6.07, 6.45) is 0. The second kappa shape index (κ2) is 9.34. The number of aliphatic hydroxyl groups excluding tert-OH is 1. The van der Waals surface area contributed by atoms with Gasteiger partial charge in [-0.1, -0.05) is 0 Å². The zero-order chi connectivity index (χ0) is 13.9. The number of methoxy groups -OCH3 is 1. The van der Waals surface area contributed by atoms with Crippen LogP contribution in [0.3, 0.4) is 0 Å². The lowest BCUT2D eigenvalue weighted by Crippen LogP contribution is -2.33. The normalized spacial score (nSPS) is 10.4. The summed E-state index contributed by atoms with van der Waals surface area (Å²) in [6, 6.07) is 9.08. The van der Waals surface area contributed by atoms with Crippen molar-refractivity contribution in [3.63, 3.8) is 0 Å².